The standard InChI is InChI=1S/C18H23NO5/c1-4-5-6-7-18(21)24-13-17(20)19-11-10-14-8-9-15(22-2)16(12-14)23-3/h4-9,12H,10-11,13H2,1-3H3,(H,19,20). The summed E-state index contributed by atoms with van der Waals surface area (Å²) in [5.41, 5.74) is 0.999. The molecule has 6 nitrogen and oxygen atoms in total. The molecule has 1 rings (SSSR count). The van der Waals surface area contributed by atoms with E-state index in [2.05, 4.69) is 5.32 Å². The first-order chi connectivity index (χ1) is 11.6. The summed E-state index contributed by atoms with van der Waals surface area (Å²) >= 11 is 0. The molecular formula is C18H23NO5. The van der Waals surface area contributed by atoms with Gasteiger partial charge in [0.25, 0.3) is 5.91 Å². The Morgan fingerprint density at radius 2 is 1.88 bits per heavy atom. The average Bonchev–Trinajstić information content (AvgIpc) is 2.60. The summed E-state index contributed by atoms with van der Waals surface area (Å²) in [5, 5.41) is 2.69. The van der Waals surface area contributed by atoms with E-state index in [1.165, 1.54) is 6.08 Å². The van der Waals surface area contributed by atoms with Crippen LogP contribution in [0, 0.1) is 0 Å². The first kappa shape index (κ1) is 19.3. The van der Waals surface area contributed by atoms with Crippen molar-refractivity contribution in [3.63, 3.8) is 0 Å². The number of amides is 1. The van der Waals surface area contributed by atoms with Gasteiger partial charge in [-0.3, -0.25) is 4.79 Å². The molecule has 0 radical (unpaired) electrons. The van der Waals surface area contributed by atoms with Gasteiger partial charge in [-0.15, -0.1) is 0 Å². The number of carbonyl (C=O) groups is 2. The van der Waals surface area contributed by atoms with Crippen molar-refractivity contribution in [3.05, 3.63) is 48.1 Å². The van der Waals surface area contributed by atoms with E-state index in [4.69, 9.17) is 14.2 Å². The van der Waals surface area contributed by atoms with Crippen molar-refractivity contribution in [2.24, 2.45) is 0 Å². The van der Waals surface area contributed by atoms with E-state index in [1.807, 2.05) is 25.1 Å². The van der Waals surface area contributed by atoms with Crippen molar-refractivity contribution >= 4 is 11.9 Å². The molecule has 0 aliphatic carbocycles. The van der Waals surface area contributed by atoms with Crippen molar-refractivity contribution < 1.29 is 23.8 Å². The van der Waals surface area contributed by atoms with Crippen LogP contribution in [0.5, 0.6) is 11.5 Å². The Balaban J connectivity index is 2.34. The second kappa shape index (κ2) is 10.9. The van der Waals surface area contributed by atoms with Crippen molar-refractivity contribution in [3.8, 4) is 11.5 Å². The molecular weight excluding hydrogens is 310 g/mol. The second-order valence-corrected chi connectivity index (χ2v) is 4.78. The summed E-state index contributed by atoms with van der Waals surface area (Å²) in [6, 6.07) is 5.57. The number of allylic oxidation sites excluding steroid dienone is 3. The highest BCUT2D eigenvalue weighted by atomic mass is 16.5. The van der Waals surface area contributed by atoms with Crippen LogP contribution in [-0.4, -0.2) is 39.2 Å². The van der Waals surface area contributed by atoms with Gasteiger partial charge in [-0.05, 0) is 31.0 Å². The van der Waals surface area contributed by atoms with Gasteiger partial charge in [0.2, 0.25) is 0 Å². The van der Waals surface area contributed by atoms with Crippen LogP contribution in [0.3, 0.4) is 0 Å². The minimum absolute atomic E-state index is 0.301. The first-order valence-electron chi connectivity index (χ1n) is 7.54. The number of esters is 1. The quantitative estimate of drug-likeness (QED) is 0.425. The Labute approximate surface area is 142 Å². The third-order valence-corrected chi connectivity index (χ3v) is 3.07. The highest BCUT2D eigenvalue weighted by Crippen LogP contribution is 2.27. The Hall–Kier alpha value is -2.76. The van der Waals surface area contributed by atoms with Crippen molar-refractivity contribution in [2.75, 3.05) is 27.4 Å². The van der Waals surface area contributed by atoms with Crippen LogP contribution < -0.4 is 14.8 Å². The van der Waals surface area contributed by atoms with Crippen molar-refractivity contribution in [1.29, 1.82) is 0 Å². The maximum absolute atomic E-state index is 11.6. The molecule has 0 saturated heterocycles. The molecule has 0 spiro atoms. The summed E-state index contributed by atoms with van der Waals surface area (Å²) in [6.07, 6.45) is 6.92. The van der Waals surface area contributed by atoms with Gasteiger partial charge in [-0.25, -0.2) is 4.79 Å². The zero-order valence-electron chi connectivity index (χ0n) is 14.2. The molecule has 1 amide bonds. The van der Waals surface area contributed by atoms with Crippen molar-refractivity contribution in [1.82, 2.24) is 5.32 Å². The largest absolute Gasteiger partial charge is 0.493 e. The third-order valence-electron chi connectivity index (χ3n) is 3.07. The first-order valence-corrected chi connectivity index (χ1v) is 7.54. The van der Waals surface area contributed by atoms with E-state index in [1.54, 1.807) is 32.4 Å². The van der Waals surface area contributed by atoms with E-state index in [0.29, 0.717) is 24.5 Å². The SMILES string of the molecule is CC=CC=CC(=O)OCC(=O)NCCc1ccc(OC)c(OC)c1. The van der Waals surface area contributed by atoms with E-state index in [-0.39, 0.29) is 12.5 Å². The van der Waals surface area contributed by atoms with E-state index < -0.39 is 5.97 Å². The van der Waals surface area contributed by atoms with Crippen LogP contribution in [0.15, 0.2) is 42.5 Å². The normalized spacial score (nSPS) is 10.8. The number of hydrogen-bond donors (Lipinski definition) is 1. The molecule has 0 saturated carbocycles. The lowest BCUT2D eigenvalue weighted by molar-refractivity contribution is -0.143. The van der Waals surface area contributed by atoms with Gasteiger partial charge in [-0.2, -0.15) is 0 Å². The topological polar surface area (TPSA) is 73.9 Å². The molecule has 0 atom stereocenters. The number of carbonyl (C=O) groups excluding carboxylic acids is 2. The molecule has 0 bridgehead atoms. The molecule has 0 aromatic heterocycles. The molecule has 6 heteroatoms. The van der Waals surface area contributed by atoms with Crippen LogP contribution in [0.4, 0.5) is 0 Å². The van der Waals surface area contributed by atoms with Gasteiger partial charge < -0.3 is 19.5 Å². The fourth-order valence-corrected chi connectivity index (χ4v) is 1.86. The van der Waals surface area contributed by atoms with Gasteiger partial charge in [-0.1, -0.05) is 24.3 Å². The molecule has 0 aliphatic rings. The second-order valence-electron chi connectivity index (χ2n) is 4.78. The summed E-state index contributed by atoms with van der Waals surface area (Å²) < 4.78 is 15.2. The Bertz CT molecular complexity index is 607. The maximum atomic E-state index is 11.6. The summed E-state index contributed by atoms with van der Waals surface area (Å²) in [6.45, 7) is 1.97. The Morgan fingerprint density at radius 3 is 2.54 bits per heavy atom. The lowest BCUT2D eigenvalue weighted by atomic mass is 10.1. The third kappa shape index (κ3) is 7.00. The maximum Gasteiger partial charge on any atom is 0.331 e. The summed E-state index contributed by atoms with van der Waals surface area (Å²) in [5.74, 6) is 0.401. The smallest absolute Gasteiger partial charge is 0.331 e. The van der Waals surface area contributed by atoms with E-state index in [9.17, 15) is 9.59 Å². The molecule has 0 unspecified atom stereocenters. The number of hydrogen-bond acceptors (Lipinski definition) is 5. The molecule has 1 aromatic carbocycles. The average molecular weight is 333 g/mol. The van der Waals surface area contributed by atoms with Gasteiger partial charge in [0.05, 0.1) is 14.2 Å². The van der Waals surface area contributed by atoms with Crippen LogP contribution in [0.2, 0.25) is 0 Å². The zero-order chi connectivity index (χ0) is 17.8. The molecule has 24 heavy (non-hydrogen) atoms. The number of rotatable bonds is 9. The Kier molecular flexibility index (Phi) is 8.74. The monoisotopic (exact) mass is 333 g/mol. The lowest BCUT2D eigenvalue weighted by Crippen LogP contribution is -2.30. The van der Waals surface area contributed by atoms with Gasteiger partial charge in [0.15, 0.2) is 18.1 Å². The minimum Gasteiger partial charge on any atom is -0.493 e. The van der Waals surface area contributed by atoms with Crippen LogP contribution in [0.1, 0.15) is 12.5 Å². The fraction of sp³-hybridized carbons (Fsp3) is 0.333. The Morgan fingerprint density at radius 1 is 1.12 bits per heavy atom. The predicted molar refractivity (Wildman–Crippen MR) is 91.2 cm³/mol. The number of methoxy groups -OCH3 is 2. The highest BCUT2D eigenvalue weighted by Gasteiger charge is 2.06. The predicted octanol–water partition coefficient (Wildman–Crippen LogP) is 2.04. The fourth-order valence-electron chi connectivity index (χ4n) is 1.86. The number of nitrogens with one attached hydrogen (secondary N) is 1. The molecule has 1 N–H and O–H groups in total. The van der Waals surface area contributed by atoms with Gasteiger partial charge in [0, 0.05) is 12.6 Å². The highest BCUT2D eigenvalue weighted by molar-refractivity contribution is 5.85. The van der Waals surface area contributed by atoms with Crippen LogP contribution >= 0.6 is 0 Å². The van der Waals surface area contributed by atoms with Crippen molar-refractivity contribution in [2.45, 2.75) is 13.3 Å². The van der Waals surface area contributed by atoms with Gasteiger partial charge in [0.1, 0.15) is 0 Å². The summed E-state index contributed by atoms with van der Waals surface area (Å²) in [7, 11) is 3.15. The molecule has 0 fully saturated rings. The lowest BCUT2D eigenvalue weighted by Gasteiger charge is -2.10. The molecule has 130 valence electrons. The number of ether oxygens (including phenoxy) is 3. The van der Waals surface area contributed by atoms with Crippen LogP contribution in [-0.2, 0) is 20.7 Å². The van der Waals surface area contributed by atoms with Crippen LogP contribution in [0.25, 0.3) is 0 Å². The van der Waals surface area contributed by atoms with Gasteiger partial charge >= 0.3 is 5.97 Å². The molecule has 0 aliphatic heterocycles. The minimum atomic E-state index is -0.553. The zero-order valence-corrected chi connectivity index (χ0v) is 14.2. The summed E-state index contributed by atoms with van der Waals surface area (Å²) in [4.78, 5) is 22.9. The molecule has 1 aromatic rings. The number of benzene rings is 1. The van der Waals surface area contributed by atoms with E-state index in [0.717, 1.165) is 5.56 Å². The van der Waals surface area contributed by atoms with E-state index >= 15 is 0 Å². The molecule has 0 heterocycles.